The summed E-state index contributed by atoms with van der Waals surface area (Å²) in [7, 11) is 0. The minimum Gasteiger partial charge on any atom is -0.392 e. The molecule has 0 bridgehead atoms. The molecule has 2 fully saturated rings. The molecule has 6 heteroatoms. The normalized spacial score (nSPS) is 22.4. The van der Waals surface area contributed by atoms with Crippen LogP contribution in [0.3, 0.4) is 0 Å². The van der Waals surface area contributed by atoms with Gasteiger partial charge in [-0.25, -0.2) is 4.79 Å². The lowest BCUT2D eigenvalue weighted by Gasteiger charge is -2.38. The van der Waals surface area contributed by atoms with Gasteiger partial charge in [0.1, 0.15) is 0 Å². The number of nitrogens with zero attached hydrogens (tertiary/aromatic N) is 2. The van der Waals surface area contributed by atoms with E-state index >= 15 is 0 Å². The first kappa shape index (κ1) is 12.7. The molecule has 1 aromatic carbocycles. The number of urea groups is 1. The highest BCUT2D eigenvalue weighted by Crippen LogP contribution is 2.27. The Kier molecular flexibility index (Phi) is 3.36. The van der Waals surface area contributed by atoms with E-state index in [2.05, 4.69) is 26.1 Å². The van der Waals surface area contributed by atoms with Gasteiger partial charge in [0, 0.05) is 41.9 Å². The molecule has 1 unspecified atom stereocenters. The maximum absolute atomic E-state index is 11.6. The van der Waals surface area contributed by atoms with E-state index in [0.29, 0.717) is 6.54 Å². The van der Waals surface area contributed by atoms with Gasteiger partial charge in [-0.05, 0) is 18.2 Å². The number of hydrogen-bond acceptors (Lipinski definition) is 3. The summed E-state index contributed by atoms with van der Waals surface area (Å²) in [6, 6.07) is 6.23. The molecule has 0 aromatic heterocycles. The molecule has 3 rings (SSSR count). The van der Waals surface area contributed by atoms with Crippen LogP contribution in [0.1, 0.15) is 5.56 Å². The van der Waals surface area contributed by atoms with Gasteiger partial charge in [-0.3, -0.25) is 0 Å². The van der Waals surface area contributed by atoms with Crippen LogP contribution in [0.4, 0.5) is 10.5 Å². The van der Waals surface area contributed by atoms with Crippen molar-refractivity contribution >= 4 is 27.6 Å². The number of carbonyl (C=O) groups excluding carboxylic acids is 1. The van der Waals surface area contributed by atoms with Crippen molar-refractivity contribution in [1.82, 2.24) is 10.2 Å². The number of rotatable bonds is 2. The Labute approximate surface area is 120 Å². The summed E-state index contributed by atoms with van der Waals surface area (Å²) in [5.41, 5.74) is 1.98. The fraction of sp³-hybridized carbons (Fsp3) is 0.462. The van der Waals surface area contributed by atoms with Crippen molar-refractivity contribution in [3.8, 4) is 0 Å². The number of hydrogen-bond donors (Lipinski definition) is 2. The van der Waals surface area contributed by atoms with Crippen molar-refractivity contribution < 1.29 is 9.90 Å². The lowest BCUT2D eigenvalue weighted by atomic mass is 10.1. The van der Waals surface area contributed by atoms with Crippen molar-refractivity contribution in [2.75, 3.05) is 31.1 Å². The lowest BCUT2D eigenvalue weighted by molar-refractivity contribution is 0.197. The molecule has 2 N–H and O–H groups in total. The third-order valence-corrected chi connectivity index (χ3v) is 4.28. The summed E-state index contributed by atoms with van der Waals surface area (Å²) >= 11 is 3.42. The maximum Gasteiger partial charge on any atom is 0.317 e. The average molecular weight is 326 g/mol. The minimum absolute atomic E-state index is 0.0246. The number of aliphatic hydroxyl groups excluding tert-OH is 1. The number of aliphatic hydroxyl groups is 1. The highest BCUT2D eigenvalue weighted by molar-refractivity contribution is 9.10. The number of benzene rings is 1. The largest absolute Gasteiger partial charge is 0.392 e. The Hall–Kier alpha value is -1.27. The van der Waals surface area contributed by atoms with Crippen LogP contribution < -0.4 is 10.2 Å². The molecule has 5 nitrogen and oxygen atoms in total. The van der Waals surface area contributed by atoms with Gasteiger partial charge in [0.15, 0.2) is 0 Å². The smallest absolute Gasteiger partial charge is 0.317 e. The third kappa shape index (κ3) is 2.30. The lowest BCUT2D eigenvalue weighted by Crippen LogP contribution is -2.52. The second kappa shape index (κ2) is 5.02. The fourth-order valence-corrected chi connectivity index (χ4v) is 3.22. The Morgan fingerprint density at radius 3 is 3.05 bits per heavy atom. The Balaban J connectivity index is 1.82. The topological polar surface area (TPSA) is 55.8 Å². The van der Waals surface area contributed by atoms with Crippen molar-refractivity contribution in [3.05, 3.63) is 28.2 Å². The molecule has 0 spiro atoms. The van der Waals surface area contributed by atoms with Gasteiger partial charge < -0.3 is 20.2 Å². The van der Waals surface area contributed by atoms with Crippen LogP contribution in [-0.2, 0) is 6.61 Å². The number of fused-ring (bicyclic) bond motifs is 1. The summed E-state index contributed by atoms with van der Waals surface area (Å²) in [5.74, 6) is 0. The predicted molar refractivity (Wildman–Crippen MR) is 76.2 cm³/mol. The zero-order chi connectivity index (χ0) is 13.4. The summed E-state index contributed by atoms with van der Waals surface area (Å²) < 4.78 is 0.969. The van der Waals surface area contributed by atoms with Gasteiger partial charge in [-0.2, -0.15) is 0 Å². The molecular formula is C13H16BrN3O2. The SMILES string of the molecule is O=C1NCC2CN(c3ccc(Br)cc3CO)CCN12. The van der Waals surface area contributed by atoms with Crippen molar-refractivity contribution in [2.24, 2.45) is 0 Å². The van der Waals surface area contributed by atoms with E-state index in [4.69, 9.17) is 0 Å². The first-order chi connectivity index (χ1) is 9.19. The van der Waals surface area contributed by atoms with Crippen molar-refractivity contribution in [2.45, 2.75) is 12.6 Å². The second-order valence-electron chi connectivity index (χ2n) is 4.91. The molecule has 2 aliphatic heterocycles. The van der Waals surface area contributed by atoms with Crippen LogP contribution in [0.2, 0.25) is 0 Å². The molecule has 0 saturated carbocycles. The fourth-order valence-electron chi connectivity index (χ4n) is 2.81. The Morgan fingerprint density at radius 2 is 2.26 bits per heavy atom. The van der Waals surface area contributed by atoms with E-state index in [1.807, 2.05) is 23.1 Å². The predicted octanol–water partition coefficient (Wildman–Crippen LogP) is 1.16. The summed E-state index contributed by atoms with van der Waals surface area (Å²) in [4.78, 5) is 15.7. The first-order valence-electron chi connectivity index (χ1n) is 6.38. The van der Waals surface area contributed by atoms with Crippen molar-refractivity contribution in [3.63, 3.8) is 0 Å². The Morgan fingerprint density at radius 1 is 1.42 bits per heavy atom. The van der Waals surface area contributed by atoms with Crippen LogP contribution in [-0.4, -0.2) is 48.3 Å². The van der Waals surface area contributed by atoms with E-state index in [-0.39, 0.29) is 18.7 Å². The number of carbonyl (C=O) groups is 1. The molecule has 1 atom stereocenters. The third-order valence-electron chi connectivity index (χ3n) is 3.79. The zero-order valence-electron chi connectivity index (χ0n) is 10.5. The van der Waals surface area contributed by atoms with E-state index in [1.54, 1.807) is 0 Å². The number of halogens is 1. The minimum atomic E-state index is 0.0246. The van der Waals surface area contributed by atoms with Crippen LogP contribution in [0.15, 0.2) is 22.7 Å². The molecule has 0 radical (unpaired) electrons. The number of piperazine rings is 1. The standard InChI is InChI=1S/C13H16BrN3O2/c14-10-1-2-12(9(5-10)8-18)16-3-4-17-11(7-16)6-15-13(17)19/h1-2,5,11,18H,3-4,6-8H2,(H,15,19). The molecule has 2 saturated heterocycles. The van der Waals surface area contributed by atoms with E-state index < -0.39 is 0 Å². The quantitative estimate of drug-likeness (QED) is 0.857. The van der Waals surface area contributed by atoms with Crippen LogP contribution in [0, 0.1) is 0 Å². The molecule has 2 amide bonds. The molecular weight excluding hydrogens is 310 g/mol. The first-order valence-corrected chi connectivity index (χ1v) is 7.17. The molecule has 1 aromatic rings. The second-order valence-corrected chi connectivity index (χ2v) is 5.83. The number of anilines is 1. The van der Waals surface area contributed by atoms with Gasteiger partial charge in [-0.1, -0.05) is 15.9 Å². The Bertz CT molecular complexity index is 509. The molecule has 102 valence electrons. The average Bonchev–Trinajstić information content (AvgIpc) is 2.79. The number of amides is 2. The monoisotopic (exact) mass is 325 g/mol. The molecule has 2 heterocycles. The van der Waals surface area contributed by atoms with Gasteiger partial charge in [-0.15, -0.1) is 0 Å². The van der Waals surface area contributed by atoms with Crippen LogP contribution in [0.5, 0.6) is 0 Å². The van der Waals surface area contributed by atoms with E-state index in [0.717, 1.165) is 35.4 Å². The molecule has 19 heavy (non-hydrogen) atoms. The van der Waals surface area contributed by atoms with Gasteiger partial charge in [0.05, 0.1) is 12.6 Å². The van der Waals surface area contributed by atoms with Gasteiger partial charge >= 0.3 is 6.03 Å². The summed E-state index contributed by atoms with van der Waals surface area (Å²) in [6.07, 6.45) is 0. The molecule has 0 aliphatic carbocycles. The summed E-state index contributed by atoms with van der Waals surface area (Å²) in [5, 5.41) is 12.4. The van der Waals surface area contributed by atoms with E-state index in [1.165, 1.54) is 0 Å². The zero-order valence-corrected chi connectivity index (χ0v) is 12.1. The van der Waals surface area contributed by atoms with Crippen molar-refractivity contribution in [1.29, 1.82) is 0 Å². The van der Waals surface area contributed by atoms with Gasteiger partial charge in [0.2, 0.25) is 0 Å². The number of nitrogens with one attached hydrogen (secondary N) is 1. The van der Waals surface area contributed by atoms with Crippen LogP contribution >= 0.6 is 15.9 Å². The van der Waals surface area contributed by atoms with Gasteiger partial charge in [0.25, 0.3) is 0 Å². The highest BCUT2D eigenvalue weighted by Gasteiger charge is 2.35. The van der Waals surface area contributed by atoms with Crippen LogP contribution in [0.25, 0.3) is 0 Å². The summed E-state index contributed by atoms with van der Waals surface area (Å²) in [6.45, 7) is 3.08. The highest BCUT2D eigenvalue weighted by atomic mass is 79.9. The maximum atomic E-state index is 11.6. The molecule has 2 aliphatic rings. The van der Waals surface area contributed by atoms with E-state index in [9.17, 15) is 9.90 Å².